The molecule has 1 aromatic heterocycles. The third-order valence-corrected chi connectivity index (χ3v) is 6.14. The summed E-state index contributed by atoms with van der Waals surface area (Å²) in [6.07, 6.45) is 0.758. The van der Waals surface area contributed by atoms with Gasteiger partial charge in [0.05, 0.1) is 4.90 Å². The van der Waals surface area contributed by atoms with Gasteiger partial charge in [0.25, 0.3) is 0 Å². The van der Waals surface area contributed by atoms with Crippen LogP contribution >= 0.6 is 11.3 Å². The van der Waals surface area contributed by atoms with Crippen molar-refractivity contribution in [3.05, 3.63) is 40.6 Å². The number of sulfonamides is 1. The van der Waals surface area contributed by atoms with Gasteiger partial charge in [0.15, 0.2) is 11.5 Å². The summed E-state index contributed by atoms with van der Waals surface area (Å²) in [5, 5.41) is 3.93. The van der Waals surface area contributed by atoms with Crippen molar-refractivity contribution in [2.75, 3.05) is 19.8 Å². The number of ether oxygens (including phenoxy) is 2. The molecule has 124 valence electrons. The van der Waals surface area contributed by atoms with E-state index in [0.717, 1.165) is 12.0 Å². The average Bonchev–Trinajstić information content (AvgIpc) is 3.07. The number of rotatable bonds is 6. The molecule has 0 saturated heterocycles. The lowest BCUT2D eigenvalue weighted by Gasteiger charge is -2.23. The first-order valence-electron chi connectivity index (χ1n) is 7.52. The van der Waals surface area contributed by atoms with Crippen LogP contribution < -0.4 is 9.47 Å². The van der Waals surface area contributed by atoms with Crippen molar-refractivity contribution >= 4 is 21.4 Å². The molecule has 2 aromatic rings. The summed E-state index contributed by atoms with van der Waals surface area (Å²) in [7, 11) is -3.57. The van der Waals surface area contributed by atoms with E-state index in [-0.39, 0.29) is 4.90 Å². The first kappa shape index (κ1) is 16.3. The Morgan fingerprint density at radius 3 is 2.65 bits per heavy atom. The third-order valence-electron chi connectivity index (χ3n) is 3.56. The minimum atomic E-state index is -3.57. The number of thiophene rings is 1. The Morgan fingerprint density at radius 2 is 1.96 bits per heavy atom. The van der Waals surface area contributed by atoms with Crippen LogP contribution in [-0.2, 0) is 16.6 Å². The Kier molecular flexibility index (Phi) is 4.89. The van der Waals surface area contributed by atoms with E-state index in [1.165, 1.54) is 4.31 Å². The van der Waals surface area contributed by atoms with Crippen LogP contribution in [0, 0.1) is 0 Å². The SMILES string of the molecule is CCCN(Cc1ccsc1)S(=O)(=O)c1ccc2c(c1)OCCO2. The molecular weight excluding hydrogens is 334 g/mol. The minimum Gasteiger partial charge on any atom is -0.486 e. The maximum absolute atomic E-state index is 13.0. The number of nitrogens with zero attached hydrogens (tertiary/aromatic N) is 1. The van der Waals surface area contributed by atoms with Gasteiger partial charge in [0.1, 0.15) is 13.2 Å². The van der Waals surface area contributed by atoms with Gasteiger partial charge in [-0.1, -0.05) is 6.92 Å². The molecule has 0 aliphatic carbocycles. The molecule has 1 aromatic carbocycles. The van der Waals surface area contributed by atoms with Crippen LogP contribution in [0.2, 0.25) is 0 Å². The fraction of sp³-hybridized carbons (Fsp3) is 0.375. The van der Waals surface area contributed by atoms with Crippen molar-refractivity contribution < 1.29 is 17.9 Å². The van der Waals surface area contributed by atoms with Gasteiger partial charge in [-0.15, -0.1) is 0 Å². The highest BCUT2D eigenvalue weighted by Crippen LogP contribution is 2.33. The Hall–Kier alpha value is -1.57. The predicted octanol–water partition coefficient (Wildman–Crippen LogP) is 3.12. The van der Waals surface area contributed by atoms with Gasteiger partial charge in [-0.05, 0) is 40.9 Å². The van der Waals surface area contributed by atoms with Gasteiger partial charge in [-0.3, -0.25) is 0 Å². The van der Waals surface area contributed by atoms with Crippen LogP contribution in [0.1, 0.15) is 18.9 Å². The second-order valence-electron chi connectivity index (χ2n) is 5.28. The van der Waals surface area contributed by atoms with Gasteiger partial charge < -0.3 is 9.47 Å². The molecule has 0 unspecified atom stereocenters. The normalized spacial score (nSPS) is 14.2. The zero-order valence-electron chi connectivity index (χ0n) is 12.9. The lowest BCUT2D eigenvalue weighted by Crippen LogP contribution is -2.31. The van der Waals surface area contributed by atoms with E-state index in [1.807, 2.05) is 23.8 Å². The van der Waals surface area contributed by atoms with E-state index in [4.69, 9.17) is 9.47 Å². The van der Waals surface area contributed by atoms with Crippen LogP contribution in [0.5, 0.6) is 11.5 Å². The van der Waals surface area contributed by atoms with Crippen LogP contribution in [0.4, 0.5) is 0 Å². The molecule has 0 fully saturated rings. The minimum absolute atomic E-state index is 0.241. The Balaban J connectivity index is 1.91. The van der Waals surface area contributed by atoms with E-state index in [0.29, 0.717) is 37.8 Å². The van der Waals surface area contributed by atoms with Crippen LogP contribution in [0.15, 0.2) is 39.9 Å². The summed E-state index contributed by atoms with van der Waals surface area (Å²) >= 11 is 1.57. The molecule has 2 heterocycles. The predicted molar refractivity (Wildman–Crippen MR) is 89.6 cm³/mol. The maximum Gasteiger partial charge on any atom is 0.243 e. The fourth-order valence-electron chi connectivity index (χ4n) is 2.45. The molecule has 0 radical (unpaired) electrons. The first-order valence-corrected chi connectivity index (χ1v) is 9.90. The van der Waals surface area contributed by atoms with Gasteiger partial charge in [-0.25, -0.2) is 8.42 Å². The van der Waals surface area contributed by atoms with Crippen molar-refractivity contribution in [3.8, 4) is 11.5 Å². The van der Waals surface area contributed by atoms with E-state index in [2.05, 4.69) is 0 Å². The highest BCUT2D eigenvalue weighted by atomic mass is 32.2. The second kappa shape index (κ2) is 6.90. The molecule has 0 spiro atoms. The number of hydrogen-bond acceptors (Lipinski definition) is 5. The van der Waals surface area contributed by atoms with E-state index < -0.39 is 10.0 Å². The summed E-state index contributed by atoms with van der Waals surface area (Å²) in [6.45, 7) is 3.75. The van der Waals surface area contributed by atoms with Crippen molar-refractivity contribution in [3.63, 3.8) is 0 Å². The molecule has 5 nitrogen and oxygen atoms in total. The largest absolute Gasteiger partial charge is 0.486 e. The lowest BCUT2D eigenvalue weighted by atomic mass is 10.3. The number of hydrogen-bond donors (Lipinski definition) is 0. The maximum atomic E-state index is 13.0. The van der Waals surface area contributed by atoms with Crippen LogP contribution in [0.25, 0.3) is 0 Å². The van der Waals surface area contributed by atoms with E-state index in [1.54, 1.807) is 29.5 Å². The molecule has 1 aliphatic rings. The molecule has 7 heteroatoms. The Bertz CT molecular complexity index is 756. The van der Waals surface area contributed by atoms with E-state index in [9.17, 15) is 8.42 Å². The molecule has 0 bridgehead atoms. The highest BCUT2D eigenvalue weighted by Gasteiger charge is 2.26. The van der Waals surface area contributed by atoms with Gasteiger partial charge >= 0.3 is 0 Å². The zero-order valence-corrected chi connectivity index (χ0v) is 14.5. The molecular formula is C16H19NO4S2. The first-order chi connectivity index (χ1) is 11.1. The van der Waals surface area contributed by atoms with Crippen molar-refractivity contribution in [2.24, 2.45) is 0 Å². The summed E-state index contributed by atoms with van der Waals surface area (Å²) in [6, 6.07) is 6.75. The quantitative estimate of drug-likeness (QED) is 0.801. The third kappa shape index (κ3) is 3.52. The second-order valence-corrected chi connectivity index (χ2v) is 7.99. The van der Waals surface area contributed by atoms with Crippen molar-refractivity contribution in [2.45, 2.75) is 24.8 Å². The van der Waals surface area contributed by atoms with Crippen molar-refractivity contribution in [1.29, 1.82) is 0 Å². The molecule has 3 rings (SSSR count). The van der Waals surface area contributed by atoms with Crippen molar-refractivity contribution in [1.82, 2.24) is 4.31 Å². The standard InChI is InChI=1S/C16H19NO4S2/c1-2-6-17(11-13-5-9-22-12-13)23(18,19)14-3-4-15-16(10-14)21-8-7-20-15/h3-5,9-10,12H,2,6-8,11H2,1H3. The summed E-state index contributed by atoms with van der Waals surface area (Å²) in [5.41, 5.74) is 1.00. The molecule has 1 aliphatic heterocycles. The highest BCUT2D eigenvalue weighted by molar-refractivity contribution is 7.89. The number of benzene rings is 1. The van der Waals surface area contributed by atoms with Crippen LogP contribution in [-0.4, -0.2) is 32.5 Å². The van der Waals surface area contributed by atoms with Gasteiger partial charge in [-0.2, -0.15) is 15.6 Å². The molecule has 0 amide bonds. The van der Waals surface area contributed by atoms with E-state index >= 15 is 0 Å². The molecule has 23 heavy (non-hydrogen) atoms. The Labute approximate surface area is 140 Å². The van der Waals surface area contributed by atoms with Gasteiger partial charge in [0.2, 0.25) is 10.0 Å². The summed E-state index contributed by atoms with van der Waals surface area (Å²) in [5.74, 6) is 1.08. The monoisotopic (exact) mass is 353 g/mol. The average molecular weight is 353 g/mol. The number of fused-ring (bicyclic) bond motifs is 1. The zero-order chi connectivity index (χ0) is 16.3. The smallest absolute Gasteiger partial charge is 0.243 e. The topological polar surface area (TPSA) is 55.8 Å². The summed E-state index contributed by atoms with van der Waals surface area (Å²) < 4.78 is 38.4. The van der Waals surface area contributed by atoms with Gasteiger partial charge in [0, 0.05) is 19.2 Å². The van der Waals surface area contributed by atoms with Crippen LogP contribution in [0.3, 0.4) is 0 Å². The fourth-order valence-corrected chi connectivity index (χ4v) is 4.65. The summed E-state index contributed by atoms with van der Waals surface area (Å²) in [4.78, 5) is 0.241. The lowest BCUT2D eigenvalue weighted by molar-refractivity contribution is 0.171. The molecule has 0 saturated carbocycles. The molecule has 0 atom stereocenters. The molecule has 0 N–H and O–H groups in total. The Morgan fingerprint density at radius 1 is 1.17 bits per heavy atom.